The SMILES string of the molecule is O=C(NCCCN1CCOCC1)[C@H]1Cc2cc([N+](=O)[O-])ccc2N2CCN(c3ccccn3)C[C@@H]12. The zero-order valence-corrected chi connectivity index (χ0v) is 19.8. The molecule has 0 bridgehead atoms. The number of hydrogen-bond donors (Lipinski definition) is 1. The molecule has 3 aliphatic rings. The Hall–Kier alpha value is -3.24. The molecule has 1 aromatic heterocycles. The Kier molecular flexibility index (Phi) is 7.10. The Bertz CT molecular complexity index is 1050. The Labute approximate surface area is 205 Å². The van der Waals surface area contributed by atoms with Crippen LogP contribution < -0.4 is 15.1 Å². The summed E-state index contributed by atoms with van der Waals surface area (Å²) in [4.78, 5) is 35.8. The number of benzene rings is 1. The first-order valence-corrected chi connectivity index (χ1v) is 12.4. The van der Waals surface area contributed by atoms with Gasteiger partial charge >= 0.3 is 0 Å². The number of fused-ring (bicyclic) bond motifs is 3. The van der Waals surface area contributed by atoms with Crippen LogP contribution >= 0.6 is 0 Å². The number of hydrogen-bond acceptors (Lipinski definition) is 8. The van der Waals surface area contributed by atoms with Crippen molar-refractivity contribution in [2.75, 3.05) is 68.8 Å². The molecule has 5 rings (SSSR count). The largest absolute Gasteiger partial charge is 0.379 e. The lowest BCUT2D eigenvalue weighted by atomic mass is 9.83. The summed E-state index contributed by atoms with van der Waals surface area (Å²) in [5.74, 6) is 0.632. The van der Waals surface area contributed by atoms with Gasteiger partial charge in [0.15, 0.2) is 0 Å². The Morgan fingerprint density at radius 2 is 2.03 bits per heavy atom. The third-order valence-corrected chi connectivity index (χ3v) is 7.27. The molecule has 1 amide bonds. The van der Waals surface area contributed by atoms with Crippen molar-refractivity contribution in [1.29, 1.82) is 0 Å². The molecule has 0 spiro atoms. The fraction of sp³-hybridized carbons (Fsp3) is 0.520. The maximum atomic E-state index is 13.4. The first kappa shape index (κ1) is 23.5. The van der Waals surface area contributed by atoms with Crippen molar-refractivity contribution in [2.24, 2.45) is 5.92 Å². The van der Waals surface area contributed by atoms with Crippen LogP contribution in [0.4, 0.5) is 17.2 Å². The first-order valence-electron chi connectivity index (χ1n) is 12.4. The van der Waals surface area contributed by atoms with Crippen molar-refractivity contribution in [3.05, 3.63) is 58.3 Å². The number of aromatic nitrogens is 1. The van der Waals surface area contributed by atoms with E-state index in [-0.39, 0.29) is 28.5 Å². The van der Waals surface area contributed by atoms with Crippen molar-refractivity contribution >= 4 is 23.1 Å². The van der Waals surface area contributed by atoms with Gasteiger partial charge in [-0.1, -0.05) is 6.07 Å². The van der Waals surface area contributed by atoms with Crippen LogP contribution in [-0.4, -0.2) is 85.8 Å². The smallest absolute Gasteiger partial charge is 0.269 e. The Morgan fingerprint density at radius 3 is 2.80 bits per heavy atom. The highest BCUT2D eigenvalue weighted by molar-refractivity contribution is 5.82. The number of non-ortho nitro benzene ring substituents is 1. The molecule has 10 heteroatoms. The number of carbonyl (C=O) groups excluding carboxylic acids is 1. The Morgan fingerprint density at radius 1 is 1.17 bits per heavy atom. The average molecular weight is 481 g/mol. The lowest BCUT2D eigenvalue weighted by Gasteiger charge is -2.49. The molecule has 2 aromatic rings. The first-order chi connectivity index (χ1) is 17.1. The summed E-state index contributed by atoms with van der Waals surface area (Å²) >= 11 is 0. The maximum Gasteiger partial charge on any atom is 0.269 e. The second-order valence-electron chi connectivity index (χ2n) is 9.37. The summed E-state index contributed by atoms with van der Waals surface area (Å²) in [5.41, 5.74) is 1.94. The van der Waals surface area contributed by atoms with Crippen molar-refractivity contribution < 1.29 is 14.5 Å². The number of pyridine rings is 1. The lowest BCUT2D eigenvalue weighted by molar-refractivity contribution is -0.384. The normalized spacial score (nSPS) is 22.3. The molecule has 0 saturated carbocycles. The number of amides is 1. The highest BCUT2D eigenvalue weighted by Gasteiger charge is 2.42. The highest BCUT2D eigenvalue weighted by atomic mass is 16.6. The van der Waals surface area contributed by atoms with Crippen LogP contribution in [-0.2, 0) is 16.0 Å². The van der Waals surface area contributed by atoms with Gasteiger partial charge in [0, 0.05) is 63.3 Å². The number of carbonyl (C=O) groups is 1. The number of nitro benzene ring substituents is 1. The van der Waals surface area contributed by atoms with Crippen molar-refractivity contribution in [3.8, 4) is 0 Å². The summed E-state index contributed by atoms with van der Waals surface area (Å²) < 4.78 is 5.40. The number of piperazine rings is 1. The number of anilines is 2. The zero-order valence-electron chi connectivity index (χ0n) is 19.8. The summed E-state index contributed by atoms with van der Waals surface area (Å²) in [5, 5.41) is 14.5. The van der Waals surface area contributed by atoms with Gasteiger partial charge in [0.2, 0.25) is 5.91 Å². The van der Waals surface area contributed by atoms with Crippen LogP contribution in [0.1, 0.15) is 12.0 Å². The minimum Gasteiger partial charge on any atom is -0.379 e. The fourth-order valence-electron chi connectivity index (χ4n) is 5.44. The summed E-state index contributed by atoms with van der Waals surface area (Å²) in [6.07, 6.45) is 3.16. The fourth-order valence-corrected chi connectivity index (χ4v) is 5.44. The molecule has 0 unspecified atom stereocenters. The number of ether oxygens (including phenoxy) is 1. The van der Waals surface area contributed by atoms with Crippen LogP contribution in [0.25, 0.3) is 0 Å². The number of nitro groups is 1. The molecular formula is C25H32N6O4. The van der Waals surface area contributed by atoms with E-state index in [1.807, 2.05) is 24.3 Å². The van der Waals surface area contributed by atoms with Crippen LogP contribution in [0.3, 0.4) is 0 Å². The van der Waals surface area contributed by atoms with Gasteiger partial charge in [0.25, 0.3) is 5.69 Å². The summed E-state index contributed by atoms with van der Waals surface area (Å²) in [7, 11) is 0. The molecule has 1 N–H and O–H groups in total. The topological polar surface area (TPSA) is 104 Å². The second kappa shape index (κ2) is 10.6. The van der Waals surface area contributed by atoms with Gasteiger partial charge in [-0.05, 0) is 43.1 Å². The predicted octanol–water partition coefficient (Wildman–Crippen LogP) is 1.70. The molecule has 0 aliphatic carbocycles. The van der Waals surface area contributed by atoms with E-state index in [2.05, 4.69) is 25.0 Å². The second-order valence-corrected chi connectivity index (χ2v) is 9.37. The number of rotatable bonds is 7. The van der Waals surface area contributed by atoms with Crippen molar-refractivity contribution in [3.63, 3.8) is 0 Å². The van der Waals surface area contributed by atoms with Gasteiger partial charge in [-0.3, -0.25) is 19.8 Å². The van der Waals surface area contributed by atoms with E-state index in [9.17, 15) is 14.9 Å². The van der Waals surface area contributed by atoms with Crippen molar-refractivity contribution in [1.82, 2.24) is 15.2 Å². The molecule has 0 radical (unpaired) electrons. The molecule has 186 valence electrons. The third-order valence-electron chi connectivity index (χ3n) is 7.27. The van der Waals surface area contributed by atoms with Gasteiger partial charge in [-0.15, -0.1) is 0 Å². The molecule has 1 aromatic carbocycles. The zero-order chi connectivity index (χ0) is 24.2. The van der Waals surface area contributed by atoms with Crippen LogP contribution in [0.5, 0.6) is 0 Å². The minimum absolute atomic E-state index is 0.0157. The average Bonchev–Trinajstić information content (AvgIpc) is 2.91. The Balaban J connectivity index is 1.31. The molecule has 3 aliphatic heterocycles. The molecule has 10 nitrogen and oxygen atoms in total. The number of morpholine rings is 1. The minimum atomic E-state index is -0.369. The van der Waals surface area contributed by atoms with Gasteiger partial charge in [0.1, 0.15) is 5.82 Å². The van der Waals surface area contributed by atoms with E-state index in [0.717, 1.165) is 69.4 Å². The van der Waals surface area contributed by atoms with E-state index in [1.54, 1.807) is 18.3 Å². The summed E-state index contributed by atoms with van der Waals surface area (Å²) in [6, 6.07) is 10.9. The lowest BCUT2D eigenvalue weighted by Crippen LogP contribution is -2.61. The quantitative estimate of drug-likeness (QED) is 0.363. The maximum absolute atomic E-state index is 13.4. The predicted molar refractivity (Wildman–Crippen MR) is 133 cm³/mol. The van der Waals surface area contributed by atoms with Crippen LogP contribution in [0.15, 0.2) is 42.6 Å². The number of nitrogens with zero attached hydrogens (tertiary/aromatic N) is 5. The molecule has 2 atom stereocenters. The van der Waals surface area contributed by atoms with Crippen molar-refractivity contribution in [2.45, 2.75) is 18.9 Å². The monoisotopic (exact) mass is 480 g/mol. The standard InChI is InChI=1S/C25H32N6O4/c32-25(27-8-3-9-28-12-14-35-15-13-28)21-17-19-16-20(31(33)34)5-6-22(19)30-11-10-29(18-23(21)30)24-4-1-2-7-26-24/h1-2,4-7,16,21,23H,3,8-15,17-18H2,(H,27,32)/t21-,23-/m0/s1. The van der Waals surface area contributed by atoms with E-state index in [4.69, 9.17) is 4.74 Å². The van der Waals surface area contributed by atoms with Gasteiger partial charge in [-0.2, -0.15) is 0 Å². The van der Waals surface area contributed by atoms with Crippen LogP contribution in [0.2, 0.25) is 0 Å². The van der Waals surface area contributed by atoms with Gasteiger partial charge in [-0.25, -0.2) is 4.98 Å². The van der Waals surface area contributed by atoms with E-state index >= 15 is 0 Å². The van der Waals surface area contributed by atoms with Gasteiger partial charge in [0.05, 0.1) is 30.1 Å². The molecule has 4 heterocycles. The molecule has 35 heavy (non-hydrogen) atoms. The van der Waals surface area contributed by atoms with E-state index in [1.165, 1.54) is 0 Å². The van der Waals surface area contributed by atoms with Gasteiger partial charge < -0.3 is 19.9 Å². The van der Waals surface area contributed by atoms with E-state index in [0.29, 0.717) is 19.5 Å². The van der Waals surface area contributed by atoms with E-state index < -0.39 is 0 Å². The number of nitrogens with one attached hydrogen (secondary N) is 1. The van der Waals surface area contributed by atoms with Crippen LogP contribution in [0, 0.1) is 16.0 Å². The highest BCUT2D eigenvalue weighted by Crippen LogP contribution is 2.38. The summed E-state index contributed by atoms with van der Waals surface area (Å²) in [6.45, 7) is 7.15. The molecule has 2 saturated heterocycles. The third kappa shape index (κ3) is 5.23. The molecule has 2 fully saturated rings. The molecular weight excluding hydrogens is 448 g/mol.